The van der Waals surface area contributed by atoms with E-state index < -0.39 is 0 Å². The summed E-state index contributed by atoms with van der Waals surface area (Å²) in [5.74, 6) is 0.873. The molecule has 19 heavy (non-hydrogen) atoms. The first kappa shape index (κ1) is 12.3. The van der Waals surface area contributed by atoms with E-state index in [9.17, 15) is 4.79 Å². The lowest BCUT2D eigenvalue weighted by molar-refractivity contribution is 0.0969. The second kappa shape index (κ2) is 5.09. The highest BCUT2D eigenvalue weighted by molar-refractivity contribution is 8.14. The van der Waals surface area contributed by atoms with Gasteiger partial charge in [-0.25, -0.2) is 0 Å². The summed E-state index contributed by atoms with van der Waals surface area (Å²) in [5.41, 5.74) is 1.79. The molecule has 1 aliphatic rings. The van der Waals surface area contributed by atoms with Crippen LogP contribution in [-0.4, -0.2) is 27.9 Å². The Balaban J connectivity index is 1.97. The average molecular weight is 273 g/mol. The molecule has 0 unspecified atom stereocenters. The molecule has 1 aromatic carbocycles. The number of thioether (sulfide) groups is 1. The maximum atomic E-state index is 12.3. The first-order chi connectivity index (χ1) is 9.29. The molecule has 0 bridgehead atoms. The van der Waals surface area contributed by atoms with E-state index >= 15 is 0 Å². The van der Waals surface area contributed by atoms with Crippen molar-refractivity contribution >= 4 is 33.7 Å². The Morgan fingerprint density at radius 3 is 3.05 bits per heavy atom. The van der Waals surface area contributed by atoms with Crippen molar-refractivity contribution in [1.82, 2.24) is 9.88 Å². The molecule has 1 aromatic heterocycles. The summed E-state index contributed by atoms with van der Waals surface area (Å²) in [6, 6.07) is 9.99. The summed E-state index contributed by atoms with van der Waals surface area (Å²) in [6.45, 7) is 3.61. The van der Waals surface area contributed by atoms with E-state index in [0.29, 0.717) is 5.69 Å². The van der Waals surface area contributed by atoms with Crippen LogP contribution in [0.1, 0.15) is 17.4 Å². The van der Waals surface area contributed by atoms with Crippen LogP contribution in [0.25, 0.3) is 10.9 Å². The fourth-order valence-corrected chi connectivity index (χ4v) is 3.03. The normalized spacial score (nSPS) is 14.7. The molecule has 1 amide bonds. The molecule has 1 aliphatic heterocycles. The van der Waals surface area contributed by atoms with Crippen LogP contribution in [0.4, 0.5) is 0 Å². The summed E-state index contributed by atoms with van der Waals surface area (Å²) in [6.07, 6.45) is 0. The number of para-hydroxylation sites is 1. The third kappa shape index (κ3) is 2.26. The minimum atomic E-state index is -0.0776. The molecule has 0 atom stereocenters. The van der Waals surface area contributed by atoms with Gasteiger partial charge in [-0.05, 0) is 19.1 Å². The van der Waals surface area contributed by atoms with Crippen LogP contribution in [0.3, 0.4) is 0 Å². The van der Waals surface area contributed by atoms with Gasteiger partial charge in [-0.2, -0.15) is 0 Å². The predicted molar refractivity (Wildman–Crippen MR) is 79.8 cm³/mol. The SMILES string of the molecule is CCn1c(C(=O)NC2=NCCS2)cc2ccccc21. The monoisotopic (exact) mass is 273 g/mol. The highest BCUT2D eigenvalue weighted by Gasteiger charge is 2.17. The molecular formula is C14H15N3OS. The van der Waals surface area contributed by atoms with Gasteiger partial charge >= 0.3 is 0 Å². The third-order valence-electron chi connectivity index (χ3n) is 3.17. The molecule has 4 nitrogen and oxygen atoms in total. The van der Waals surface area contributed by atoms with E-state index in [4.69, 9.17) is 0 Å². The fraction of sp³-hybridized carbons (Fsp3) is 0.286. The number of rotatable bonds is 2. The summed E-state index contributed by atoms with van der Waals surface area (Å²) >= 11 is 1.59. The van der Waals surface area contributed by atoms with E-state index in [2.05, 4.69) is 10.3 Å². The smallest absolute Gasteiger partial charge is 0.273 e. The van der Waals surface area contributed by atoms with Crippen LogP contribution in [0.15, 0.2) is 35.3 Å². The van der Waals surface area contributed by atoms with Crippen LogP contribution < -0.4 is 5.32 Å². The highest BCUT2D eigenvalue weighted by atomic mass is 32.2. The zero-order chi connectivity index (χ0) is 13.2. The molecule has 2 aromatic rings. The van der Waals surface area contributed by atoms with Crippen LogP contribution in [-0.2, 0) is 6.54 Å². The number of amidine groups is 1. The maximum absolute atomic E-state index is 12.3. The lowest BCUT2D eigenvalue weighted by atomic mass is 10.2. The minimum Gasteiger partial charge on any atom is -0.337 e. The molecule has 0 saturated heterocycles. The van der Waals surface area contributed by atoms with Crippen molar-refractivity contribution in [3.63, 3.8) is 0 Å². The van der Waals surface area contributed by atoms with Gasteiger partial charge in [0.25, 0.3) is 5.91 Å². The molecule has 0 radical (unpaired) electrons. The van der Waals surface area contributed by atoms with E-state index in [-0.39, 0.29) is 5.91 Å². The molecular weight excluding hydrogens is 258 g/mol. The van der Waals surface area contributed by atoms with Crippen LogP contribution in [0.2, 0.25) is 0 Å². The Kier molecular flexibility index (Phi) is 3.29. The topological polar surface area (TPSA) is 46.4 Å². The van der Waals surface area contributed by atoms with E-state index in [1.54, 1.807) is 11.8 Å². The number of fused-ring (bicyclic) bond motifs is 1. The van der Waals surface area contributed by atoms with Gasteiger partial charge in [0.05, 0.1) is 6.54 Å². The van der Waals surface area contributed by atoms with Crippen molar-refractivity contribution in [2.24, 2.45) is 4.99 Å². The average Bonchev–Trinajstić information content (AvgIpc) is 3.04. The Labute approximate surface area is 115 Å². The Morgan fingerprint density at radius 2 is 2.32 bits per heavy atom. The van der Waals surface area contributed by atoms with Gasteiger partial charge < -0.3 is 9.88 Å². The van der Waals surface area contributed by atoms with Crippen molar-refractivity contribution in [2.45, 2.75) is 13.5 Å². The molecule has 0 aliphatic carbocycles. The Hall–Kier alpha value is -1.75. The standard InChI is InChI=1S/C14H15N3OS/c1-2-17-11-6-4-3-5-10(11)9-12(17)13(18)16-14-15-7-8-19-14/h3-6,9H,2,7-8H2,1H3,(H,15,16,18). The highest BCUT2D eigenvalue weighted by Crippen LogP contribution is 2.20. The molecule has 0 spiro atoms. The molecule has 1 N–H and O–H groups in total. The number of aromatic nitrogens is 1. The summed E-state index contributed by atoms with van der Waals surface area (Å²) < 4.78 is 2.03. The van der Waals surface area contributed by atoms with Gasteiger partial charge in [0, 0.05) is 23.2 Å². The number of aliphatic imine (C=N–C) groups is 1. The number of hydrogen-bond acceptors (Lipinski definition) is 3. The zero-order valence-electron chi connectivity index (χ0n) is 10.7. The molecule has 3 rings (SSSR count). The van der Waals surface area contributed by atoms with Crippen LogP contribution in [0, 0.1) is 0 Å². The quantitative estimate of drug-likeness (QED) is 0.913. The summed E-state index contributed by atoms with van der Waals surface area (Å²) in [5, 5.41) is 4.71. The number of carbonyl (C=O) groups excluding carboxylic acids is 1. The summed E-state index contributed by atoms with van der Waals surface area (Å²) in [7, 11) is 0. The Morgan fingerprint density at radius 1 is 1.47 bits per heavy atom. The third-order valence-corrected chi connectivity index (χ3v) is 4.06. The largest absolute Gasteiger partial charge is 0.337 e. The van der Waals surface area contributed by atoms with E-state index in [0.717, 1.165) is 34.9 Å². The second-order valence-corrected chi connectivity index (χ2v) is 5.41. The molecule has 5 heteroatoms. The molecule has 0 saturated carbocycles. The summed E-state index contributed by atoms with van der Waals surface area (Å²) in [4.78, 5) is 16.6. The van der Waals surface area contributed by atoms with Gasteiger partial charge in [0.1, 0.15) is 5.69 Å². The number of aryl methyl sites for hydroxylation is 1. The zero-order valence-corrected chi connectivity index (χ0v) is 11.5. The van der Waals surface area contributed by atoms with Crippen molar-refractivity contribution in [1.29, 1.82) is 0 Å². The van der Waals surface area contributed by atoms with Gasteiger partial charge in [-0.15, -0.1) is 0 Å². The number of amides is 1. The number of carbonyl (C=O) groups is 1. The number of hydrogen-bond donors (Lipinski definition) is 1. The lowest BCUT2D eigenvalue weighted by Crippen LogP contribution is -2.29. The number of benzene rings is 1. The number of nitrogens with zero attached hydrogens (tertiary/aromatic N) is 2. The number of nitrogens with one attached hydrogen (secondary N) is 1. The molecule has 0 fully saturated rings. The van der Waals surface area contributed by atoms with Crippen LogP contribution >= 0.6 is 11.8 Å². The first-order valence-electron chi connectivity index (χ1n) is 6.36. The van der Waals surface area contributed by atoms with Gasteiger partial charge in [-0.1, -0.05) is 30.0 Å². The Bertz CT molecular complexity index is 660. The van der Waals surface area contributed by atoms with Crippen LogP contribution in [0.5, 0.6) is 0 Å². The van der Waals surface area contributed by atoms with Crippen molar-refractivity contribution in [3.05, 3.63) is 36.0 Å². The van der Waals surface area contributed by atoms with E-state index in [1.165, 1.54) is 0 Å². The van der Waals surface area contributed by atoms with E-state index in [1.807, 2.05) is 41.8 Å². The van der Waals surface area contributed by atoms with Gasteiger partial charge in [-0.3, -0.25) is 9.79 Å². The van der Waals surface area contributed by atoms with Crippen molar-refractivity contribution in [3.8, 4) is 0 Å². The lowest BCUT2D eigenvalue weighted by Gasteiger charge is -2.08. The first-order valence-corrected chi connectivity index (χ1v) is 7.35. The van der Waals surface area contributed by atoms with Gasteiger partial charge in [0.2, 0.25) is 0 Å². The predicted octanol–water partition coefficient (Wildman–Crippen LogP) is 2.49. The maximum Gasteiger partial charge on any atom is 0.273 e. The second-order valence-electron chi connectivity index (χ2n) is 4.32. The molecule has 2 heterocycles. The van der Waals surface area contributed by atoms with Crippen molar-refractivity contribution in [2.75, 3.05) is 12.3 Å². The van der Waals surface area contributed by atoms with Crippen molar-refractivity contribution < 1.29 is 4.79 Å². The molecule has 98 valence electrons. The minimum absolute atomic E-state index is 0.0776. The fourth-order valence-electron chi connectivity index (χ4n) is 2.31. The van der Waals surface area contributed by atoms with Gasteiger partial charge in [0.15, 0.2) is 5.17 Å².